The van der Waals surface area contributed by atoms with E-state index in [1.165, 1.54) is 34.6 Å². The quantitative estimate of drug-likeness (QED) is 0.372. The lowest BCUT2D eigenvalue weighted by molar-refractivity contribution is -0.277. The van der Waals surface area contributed by atoms with Crippen molar-refractivity contribution < 1.29 is 32.2 Å². The molecule has 0 spiro atoms. The third kappa shape index (κ3) is 6.72. The van der Waals surface area contributed by atoms with Gasteiger partial charge in [-0.3, -0.25) is 14.3 Å². The van der Waals surface area contributed by atoms with Gasteiger partial charge in [-0.15, -0.1) is 0 Å². The number of carbonyl (C=O) groups is 2. The molecule has 0 aromatic carbocycles. The molecule has 0 aliphatic carbocycles. The van der Waals surface area contributed by atoms with Crippen LogP contribution >= 0.6 is 0 Å². The van der Waals surface area contributed by atoms with E-state index in [1.54, 1.807) is 7.05 Å². The minimum atomic E-state index is -4.66. The summed E-state index contributed by atoms with van der Waals surface area (Å²) in [7, 11) is 1.59. The Morgan fingerprint density at radius 2 is 1.98 bits per heavy atom. The summed E-state index contributed by atoms with van der Waals surface area (Å²) >= 11 is 0. The van der Waals surface area contributed by atoms with Crippen molar-refractivity contribution in [2.75, 3.05) is 19.8 Å². The van der Waals surface area contributed by atoms with Crippen LogP contribution in [0.1, 0.15) is 86.5 Å². The first-order valence-electron chi connectivity index (χ1n) is 14.9. The molecule has 240 valence electrons. The Hall–Kier alpha value is -3.59. The number of ether oxygens (including phenoxy) is 2. The fourth-order valence-corrected chi connectivity index (χ4v) is 5.82. The average Bonchev–Trinajstić information content (AvgIpc) is 3.58. The molecule has 3 aromatic rings. The molecule has 44 heavy (non-hydrogen) atoms. The second-order valence-corrected chi connectivity index (χ2v) is 12.4. The van der Waals surface area contributed by atoms with E-state index in [-0.39, 0.29) is 34.9 Å². The monoisotopic (exact) mass is 620 g/mol. The number of hydrogen-bond donors (Lipinski definition) is 2. The molecule has 2 N–H and O–H groups in total. The van der Waals surface area contributed by atoms with E-state index in [0.29, 0.717) is 37.8 Å². The molecule has 15 heteroatoms. The molecule has 5 rings (SSSR count). The third-order valence-corrected chi connectivity index (χ3v) is 8.45. The van der Waals surface area contributed by atoms with E-state index in [0.717, 1.165) is 38.8 Å². The van der Waals surface area contributed by atoms with Crippen LogP contribution in [0.3, 0.4) is 0 Å². The molecule has 5 heterocycles. The molecule has 2 amide bonds. The maximum atomic E-state index is 13.8. The summed E-state index contributed by atoms with van der Waals surface area (Å²) in [5, 5.41) is 14.6. The molecule has 0 bridgehead atoms. The van der Waals surface area contributed by atoms with E-state index >= 15 is 0 Å². The zero-order valence-corrected chi connectivity index (χ0v) is 25.5. The number of rotatable bonds is 9. The number of nitrogens with zero attached hydrogens (tertiary/aromatic N) is 6. The summed E-state index contributed by atoms with van der Waals surface area (Å²) in [6, 6.07) is 0.404. The molecule has 2 saturated heterocycles. The zero-order chi connectivity index (χ0) is 31.8. The molecule has 0 unspecified atom stereocenters. The molecule has 2 aliphatic heterocycles. The van der Waals surface area contributed by atoms with Crippen molar-refractivity contribution in [3.8, 4) is 0 Å². The number of amides is 2. The molecule has 0 radical (unpaired) electrons. The number of halogens is 3. The van der Waals surface area contributed by atoms with Gasteiger partial charge in [0.1, 0.15) is 5.69 Å². The highest BCUT2D eigenvalue weighted by molar-refractivity contribution is 5.92. The van der Waals surface area contributed by atoms with Crippen molar-refractivity contribution in [3.05, 3.63) is 41.2 Å². The van der Waals surface area contributed by atoms with Crippen LogP contribution in [0.4, 0.5) is 13.2 Å². The number of alkyl halides is 3. The zero-order valence-electron chi connectivity index (χ0n) is 25.5. The normalized spacial score (nSPS) is 21.7. The van der Waals surface area contributed by atoms with Crippen LogP contribution in [0.5, 0.6) is 0 Å². The van der Waals surface area contributed by atoms with Crippen molar-refractivity contribution in [2.24, 2.45) is 18.9 Å². The maximum Gasteiger partial charge on any atom is 0.416 e. The minimum Gasteiger partial charge on any atom is -0.381 e. The highest BCUT2D eigenvalue weighted by Gasteiger charge is 2.50. The molecule has 4 atom stereocenters. The molecule has 2 aliphatic rings. The van der Waals surface area contributed by atoms with Gasteiger partial charge in [-0.25, -0.2) is 14.5 Å². The Labute approximate surface area is 253 Å². The second kappa shape index (κ2) is 12.4. The molecule has 3 aromatic heterocycles. The predicted molar refractivity (Wildman–Crippen MR) is 152 cm³/mol. The molecule has 12 nitrogen and oxygen atoms in total. The summed E-state index contributed by atoms with van der Waals surface area (Å²) in [6.45, 7) is 7.19. The van der Waals surface area contributed by atoms with Crippen molar-refractivity contribution in [3.63, 3.8) is 0 Å². The van der Waals surface area contributed by atoms with E-state index in [1.807, 2.05) is 0 Å². The van der Waals surface area contributed by atoms with Crippen LogP contribution < -0.4 is 10.6 Å². The molecule has 0 saturated carbocycles. The van der Waals surface area contributed by atoms with Crippen molar-refractivity contribution >= 4 is 17.6 Å². The Bertz CT molecular complexity index is 1500. The summed E-state index contributed by atoms with van der Waals surface area (Å²) in [6.07, 6.45) is -0.246. The summed E-state index contributed by atoms with van der Waals surface area (Å²) in [4.78, 5) is 35.5. The van der Waals surface area contributed by atoms with E-state index < -0.39 is 29.8 Å². The minimum absolute atomic E-state index is 0.0227. The van der Waals surface area contributed by atoms with Gasteiger partial charge in [0.25, 0.3) is 11.7 Å². The van der Waals surface area contributed by atoms with Gasteiger partial charge in [0, 0.05) is 51.3 Å². The van der Waals surface area contributed by atoms with Crippen LogP contribution in [0.15, 0.2) is 18.5 Å². The van der Waals surface area contributed by atoms with E-state index in [2.05, 4.69) is 27.6 Å². The fraction of sp³-hybridized carbons (Fsp3) is 0.655. The standard InChI is InChI=1S/C29H39F3N8O4/c1-16-12-19(25(41)33-14-16)13-20-24(18-7-10-43-11-8-18)37-27-35-21(15-40(27)38-20)23(17(2)44-28(3,4)29(30,31)32)36-26(42)22-6-9-34-39(22)5/h6,9,15-19,23H,7-8,10-14H2,1-5H3,(H,33,41)(H,36,42)/t16-,17-,19+,23-/m0/s1. The predicted octanol–water partition coefficient (Wildman–Crippen LogP) is 3.28. The Morgan fingerprint density at radius 1 is 1.25 bits per heavy atom. The lowest BCUT2D eigenvalue weighted by Gasteiger charge is -2.34. The number of aromatic nitrogens is 6. The summed E-state index contributed by atoms with van der Waals surface area (Å²) < 4.78 is 55.2. The number of piperidine rings is 1. The highest BCUT2D eigenvalue weighted by atomic mass is 19.4. The van der Waals surface area contributed by atoms with Gasteiger partial charge in [-0.05, 0) is 52.0 Å². The van der Waals surface area contributed by atoms with Gasteiger partial charge < -0.3 is 20.1 Å². The number of imidazole rings is 1. The van der Waals surface area contributed by atoms with Crippen LogP contribution in [-0.2, 0) is 27.7 Å². The Morgan fingerprint density at radius 3 is 2.64 bits per heavy atom. The average molecular weight is 621 g/mol. The van der Waals surface area contributed by atoms with Gasteiger partial charge >= 0.3 is 6.18 Å². The summed E-state index contributed by atoms with van der Waals surface area (Å²) in [5.41, 5.74) is -0.660. The van der Waals surface area contributed by atoms with Gasteiger partial charge in [0.2, 0.25) is 5.91 Å². The fourth-order valence-electron chi connectivity index (χ4n) is 5.82. The SMILES string of the molecule is C[C@@H]1CNC(=O)[C@@H](Cc2nn3cc([C@@H](NC(=O)c4ccnn4C)[C@H](C)OC(C)(C)C(F)(F)F)nc3nc2C2CCOCC2)C1. The van der Waals surface area contributed by atoms with Crippen LogP contribution in [-0.4, -0.2) is 78.8 Å². The first-order valence-corrected chi connectivity index (χ1v) is 14.9. The van der Waals surface area contributed by atoms with Crippen LogP contribution in [0, 0.1) is 11.8 Å². The maximum absolute atomic E-state index is 13.8. The Kier molecular flexibility index (Phi) is 8.99. The van der Waals surface area contributed by atoms with E-state index in [9.17, 15) is 22.8 Å². The number of hydrogen-bond acceptors (Lipinski definition) is 8. The Balaban J connectivity index is 1.53. The van der Waals surface area contributed by atoms with Crippen molar-refractivity contribution in [2.45, 2.75) is 83.2 Å². The second-order valence-electron chi connectivity index (χ2n) is 12.4. The molecule has 2 fully saturated rings. The van der Waals surface area contributed by atoms with Gasteiger partial charge in [0.15, 0.2) is 5.60 Å². The highest BCUT2D eigenvalue weighted by Crippen LogP contribution is 2.36. The number of carbonyl (C=O) groups excluding carboxylic acids is 2. The number of fused-ring (bicyclic) bond motifs is 1. The van der Waals surface area contributed by atoms with Crippen LogP contribution in [0.2, 0.25) is 0 Å². The molecular weight excluding hydrogens is 581 g/mol. The van der Waals surface area contributed by atoms with Gasteiger partial charge in [-0.1, -0.05) is 6.92 Å². The smallest absolute Gasteiger partial charge is 0.381 e. The lowest BCUT2D eigenvalue weighted by atomic mass is 9.85. The van der Waals surface area contributed by atoms with Gasteiger partial charge in [-0.2, -0.15) is 23.4 Å². The lowest BCUT2D eigenvalue weighted by Crippen LogP contribution is -2.47. The number of nitrogens with one attached hydrogen (secondary N) is 2. The first kappa shape index (κ1) is 31.8. The summed E-state index contributed by atoms with van der Waals surface area (Å²) in [5.74, 6) is -0.243. The van der Waals surface area contributed by atoms with Crippen molar-refractivity contribution in [1.82, 2.24) is 40.0 Å². The van der Waals surface area contributed by atoms with Gasteiger partial charge in [0.05, 0.1) is 35.4 Å². The topological polar surface area (TPSA) is 138 Å². The number of aryl methyl sites for hydroxylation is 1. The largest absolute Gasteiger partial charge is 0.416 e. The van der Waals surface area contributed by atoms with Crippen molar-refractivity contribution in [1.29, 1.82) is 0 Å². The first-order chi connectivity index (χ1) is 20.7. The van der Waals surface area contributed by atoms with Crippen LogP contribution in [0.25, 0.3) is 5.78 Å². The molecular formula is C29H39F3N8O4. The van der Waals surface area contributed by atoms with E-state index in [4.69, 9.17) is 19.6 Å². The third-order valence-electron chi connectivity index (χ3n) is 8.45.